The molecule has 4 nitrogen and oxygen atoms in total. The molecule has 5 aromatic rings. The molecule has 0 atom stereocenters. The van der Waals surface area contributed by atoms with Crippen molar-refractivity contribution in [3.05, 3.63) is 64.8 Å². The molecule has 0 aliphatic rings. The molecule has 0 aliphatic heterocycles. The lowest BCUT2D eigenvalue weighted by Gasteiger charge is -1.98. The summed E-state index contributed by atoms with van der Waals surface area (Å²) in [6, 6.07) is 16.1. The van der Waals surface area contributed by atoms with Crippen molar-refractivity contribution in [3.63, 3.8) is 0 Å². The summed E-state index contributed by atoms with van der Waals surface area (Å²) in [6.45, 7) is 0. The molecule has 2 aromatic heterocycles. The maximum absolute atomic E-state index is 12.7. The number of aromatic hydroxyl groups is 1. The van der Waals surface area contributed by atoms with E-state index >= 15 is 0 Å². The molecule has 4 heteroatoms. The first-order valence-corrected chi connectivity index (χ1v) is 7.22. The standard InChI is InChI=1S/C19H10O4/c20-11-6-8-13-15(9-11)22-18-14-7-5-10-3-1-2-4-12(10)17(14)23-19(18)16(13)21/h1-9,20H. The van der Waals surface area contributed by atoms with Crippen LogP contribution in [-0.4, -0.2) is 5.11 Å². The predicted molar refractivity (Wildman–Crippen MR) is 88.9 cm³/mol. The fraction of sp³-hybridized carbons (Fsp3) is 0. The topological polar surface area (TPSA) is 63.6 Å². The van der Waals surface area contributed by atoms with Gasteiger partial charge in [0, 0.05) is 11.5 Å². The second-order valence-corrected chi connectivity index (χ2v) is 5.54. The van der Waals surface area contributed by atoms with E-state index in [4.69, 9.17) is 8.83 Å². The van der Waals surface area contributed by atoms with Gasteiger partial charge in [0.25, 0.3) is 0 Å². The van der Waals surface area contributed by atoms with Crippen molar-refractivity contribution in [1.82, 2.24) is 0 Å². The first kappa shape index (κ1) is 12.3. The minimum atomic E-state index is -0.235. The van der Waals surface area contributed by atoms with E-state index in [0.29, 0.717) is 22.1 Å². The van der Waals surface area contributed by atoms with Crippen LogP contribution in [0, 0.1) is 0 Å². The number of fused-ring (bicyclic) bond motifs is 6. The summed E-state index contributed by atoms with van der Waals surface area (Å²) in [5, 5.41) is 12.7. The Labute approximate surface area is 129 Å². The average Bonchev–Trinajstić information content (AvgIpc) is 2.94. The molecule has 1 N–H and O–H groups in total. The Balaban J connectivity index is 2.07. The zero-order chi connectivity index (χ0) is 15.6. The number of rotatable bonds is 0. The zero-order valence-corrected chi connectivity index (χ0v) is 11.9. The van der Waals surface area contributed by atoms with E-state index < -0.39 is 0 Å². The molecule has 0 saturated carbocycles. The third kappa shape index (κ3) is 1.57. The average molecular weight is 302 g/mol. The van der Waals surface area contributed by atoms with Gasteiger partial charge in [-0.3, -0.25) is 4.79 Å². The maximum Gasteiger partial charge on any atom is 0.235 e. The molecule has 0 amide bonds. The number of furan rings is 1. The van der Waals surface area contributed by atoms with E-state index in [1.165, 1.54) is 12.1 Å². The normalized spacial score (nSPS) is 11.8. The van der Waals surface area contributed by atoms with Crippen LogP contribution in [0.3, 0.4) is 0 Å². The number of hydrogen-bond donors (Lipinski definition) is 1. The molecule has 5 rings (SSSR count). The molecule has 0 saturated heterocycles. The summed E-state index contributed by atoms with van der Waals surface area (Å²) in [7, 11) is 0. The van der Waals surface area contributed by atoms with Crippen molar-refractivity contribution in [2.45, 2.75) is 0 Å². The molecule has 0 unspecified atom stereocenters. The van der Waals surface area contributed by atoms with Crippen molar-refractivity contribution in [1.29, 1.82) is 0 Å². The second kappa shape index (κ2) is 4.14. The Kier molecular flexibility index (Phi) is 2.21. The fourth-order valence-electron chi connectivity index (χ4n) is 3.07. The fourth-order valence-corrected chi connectivity index (χ4v) is 3.07. The SMILES string of the molecule is O=c1c2ccc(O)cc2oc2c1oc1c3ccccc3ccc21. The van der Waals surface area contributed by atoms with Crippen LogP contribution in [0.5, 0.6) is 5.75 Å². The van der Waals surface area contributed by atoms with Gasteiger partial charge >= 0.3 is 0 Å². The van der Waals surface area contributed by atoms with Gasteiger partial charge in [0.15, 0.2) is 5.58 Å². The minimum absolute atomic E-state index is 0.0539. The first-order chi connectivity index (χ1) is 11.2. The van der Waals surface area contributed by atoms with Gasteiger partial charge in [0.05, 0.1) is 10.8 Å². The molecule has 2 heterocycles. The third-order valence-electron chi connectivity index (χ3n) is 4.16. The van der Waals surface area contributed by atoms with Crippen molar-refractivity contribution in [2.75, 3.05) is 0 Å². The van der Waals surface area contributed by atoms with Crippen LogP contribution in [0.25, 0.3) is 43.9 Å². The van der Waals surface area contributed by atoms with Crippen LogP contribution in [-0.2, 0) is 0 Å². The third-order valence-corrected chi connectivity index (χ3v) is 4.16. The van der Waals surface area contributed by atoms with Gasteiger partial charge in [-0.05, 0) is 23.6 Å². The van der Waals surface area contributed by atoms with Gasteiger partial charge in [-0.1, -0.05) is 30.3 Å². The smallest absolute Gasteiger partial charge is 0.235 e. The minimum Gasteiger partial charge on any atom is -0.508 e. The van der Waals surface area contributed by atoms with E-state index in [1.54, 1.807) is 6.07 Å². The Morgan fingerprint density at radius 2 is 1.57 bits per heavy atom. The van der Waals surface area contributed by atoms with E-state index in [9.17, 15) is 9.90 Å². The van der Waals surface area contributed by atoms with Crippen molar-refractivity contribution < 1.29 is 13.9 Å². The summed E-state index contributed by atoms with van der Waals surface area (Å²) >= 11 is 0. The highest BCUT2D eigenvalue weighted by Crippen LogP contribution is 2.34. The second-order valence-electron chi connectivity index (χ2n) is 5.54. The first-order valence-electron chi connectivity index (χ1n) is 7.22. The molecule has 23 heavy (non-hydrogen) atoms. The van der Waals surface area contributed by atoms with Crippen molar-refractivity contribution >= 4 is 43.9 Å². The summed E-state index contributed by atoms with van der Waals surface area (Å²) in [5.74, 6) is 0.0539. The zero-order valence-electron chi connectivity index (χ0n) is 11.9. The van der Waals surface area contributed by atoms with Crippen molar-refractivity contribution in [3.8, 4) is 5.75 Å². The number of benzene rings is 3. The van der Waals surface area contributed by atoms with Crippen LogP contribution in [0.4, 0.5) is 0 Å². The van der Waals surface area contributed by atoms with Crippen LogP contribution in [0.1, 0.15) is 0 Å². The van der Waals surface area contributed by atoms with Gasteiger partial charge in [-0.25, -0.2) is 0 Å². The number of phenolic OH excluding ortho intramolecular Hbond substituents is 1. The Morgan fingerprint density at radius 3 is 2.48 bits per heavy atom. The van der Waals surface area contributed by atoms with Crippen LogP contribution in [0.15, 0.2) is 68.2 Å². The Bertz CT molecular complexity index is 1290. The van der Waals surface area contributed by atoms with E-state index in [0.717, 1.165) is 16.2 Å². The lowest BCUT2D eigenvalue weighted by atomic mass is 10.1. The van der Waals surface area contributed by atoms with Gasteiger partial charge in [0.1, 0.15) is 16.9 Å². The molecular formula is C19H10O4. The van der Waals surface area contributed by atoms with Crippen LogP contribution < -0.4 is 5.43 Å². The quantitative estimate of drug-likeness (QED) is 0.456. The van der Waals surface area contributed by atoms with Gasteiger partial charge < -0.3 is 13.9 Å². The molecule has 0 spiro atoms. The summed E-state index contributed by atoms with van der Waals surface area (Å²) in [6.07, 6.45) is 0. The molecule has 3 aromatic carbocycles. The van der Waals surface area contributed by atoms with Gasteiger partial charge in [0.2, 0.25) is 11.0 Å². The number of phenols is 1. The van der Waals surface area contributed by atoms with E-state index in [-0.39, 0.29) is 16.8 Å². The largest absolute Gasteiger partial charge is 0.508 e. The summed E-state index contributed by atoms with van der Waals surface area (Å²) in [4.78, 5) is 12.7. The molecule has 0 bridgehead atoms. The van der Waals surface area contributed by atoms with Crippen LogP contribution >= 0.6 is 0 Å². The van der Waals surface area contributed by atoms with E-state index in [2.05, 4.69) is 0 Å². The lowest BCUT2D eigenvalue weighted by molar-refractivity contribution is 0.474. The molecule has 110 valence electrons. The maximum atomic E-state index is 12.7. The number of hydrogen-bond acceptors (Lipinski definition) is 4. The Morgan fingerprint density at radius 1 is 0.739 bits per heavy atom. The molecular weight excluding hydrogens is 292 g/mol. The summed E-state index contributed by atoms with van der Waals surface area (Å²) < 4.78 is 11.7. The van der Waals surface area contributed by atoms with Gasteiger partial charge in [-0.15, -0.1) is 0 Å². The van der Waals surface area contributed by atoms with E-state index in [1.807, 2.05) is 36.4 Å². The lowest BCUT2D eigenvalue weighted by Crippen LogP contribution is -1.99. The molecule has 0 radical (unpaired) electrons. The highest BCUT2D eigenvalue weighted by molar-refractivity contribution is 6.13. The molecule has 0 fully saturated rings. The monoisotopic (exact) mass is 302 g/mol. The van der Waals surface area contributed by atoms with Crippen molar-refractivity contribution in [2.24, 2.45) is 0 Å². The van der Waals surface area contributed by atoms with Crippen LogP contribution in [0.2, 0.25) is 0 Å². The highest BCUT2D eigenvalue weighted by Gasteiger charge is 2.17. The van der Waals surface area contributed by atoms with Gasteiger partial charge in [-0.2, -0.15) is 0 Å². The Hall–Kier alpha value is -3.27. The summed E-state index contributed by atoms with van der Waals surface area (Å²) in [5.41, 5.74) is 1.36. The highest BCUT2D eigenvalue weighted by atomic mass is 16.4. The predicted octanol–water partition coefficient (Wildman–Crippen LogP) is 4.55. The molecule has 0 aliphatic carbocycles.